The average Bonchev–Trinajstić information content (AvgIpc) is 2.23. The van der Waals surface area contributed by atoms with Gasteiger partial charge >= 0.3 is 11.7 Å². The number of hydrogen-bond acceptors (Lipinski definition) is 5. The van der Waals surface area contributed by atoms with Gasteiger partial charge in [0.15, 0.2) is 0 Å². The molecule has 0 aliphatic rings. The number of aromatic carboxylic acids is 1. The van der Waals surface area contributed by atoms with Crippen molar-refractivity contribution in [1.82, 2.24) is 9.97 Å². The minimum absolute atomic E-state index is 0.00870. The van der Waals surface area contributed by atoms with E-state index in [1.807, 2.05) is 0 Å². The molecule has 1 heterocycles. The van der Waals surface area contributed by atoms with Crippen LogP contribution in [0.15, 0.2) is 9.82 Å². The minimum atomic E-state index is -1.21. The molecule has 0 aliphatic heterocycles. The Hall–Kier alpha value is -1.83. The van der Waals surface area contributed by atoms with Crippen LogP contribution in [0.4, 0.5) is 0 Å². The molecule has 8 heteroatoms. The first-order valence-corrected chi connectivity index (χ1v) is 6.05. The molecule has 7 nitrogen and oxygen atoms in total. The Balaban J connectivity index is 3.26. The molecule has 1 aromatic heterocycles. The summed E-state index contributed by atoms with van der Waals surface area (Å²) in [6.07, 6.45) is 0.423. The number of carboxylic acids is 1. The molecule has 0 aromatic carbocycles. The van der Waals surface area contributed by atoms with Gasteiger partial charge in [-0.3, -0.25) is 4.79 Å². The highest BCUT2D eigenvalue weighted by atomic mass is 32.2. The number of hydrogen-bond donors (Lipinski definition) is 3. The lowest BCUT2D eigenvalue weighted by Crippen LogP contribution is -2.26. The summed E-state index contributed by atoms with van der Waals surface area (Å²) in [6, 6.07) is 0. The molecule has 18 heavy (non-hydrogen) atoms. The highest BCUT2D eigenvalue weighted by molar-refractivity contribution is 8.00. The maximum absolute atomic E-state index is 11.2. The molecular formula is C10H13N3O4S. The molecule has 1 amide bonds. The van der Waals surface area contributed by atoms with Crippen molar-refractivity contribution in [3.05, 3.63) is 21.7 Å². The summed E-state index contributed by atoms with van der Waals surface area (Å²) in [6.45, 7) is 3.20. The monoisotopic (exact) mass is 271 g/mol. The molecule has 0 saturated carbocycles. The van der Waals surface area contributed by atoms with Crippen molar-refractivity contribution >= 4 is 23.6 Å². The van der Waals surface area contributed by atoms with E-state index < -0.39 is 22.8 Å². The number of nitrogens with two attached hydrogens (primary N) is 1. The van der Waals surface area contributed by atoms with Gasteiger partial charge < -0.3 is 15.8 Å². The number of nitrogens with zero attached hydrogens (tertiary/aromatic N) is 1. The second-order valence-electron chi connectivity index (χ2n) is 3.57. The van der Waals surface area contributed by atoms with Crippen LogP contribution >= 0.6 is 11.8 Å². The van der Waals surface area contributed by atoms with Crippen LogP contribution in [0, 0.1) is 6.92 Å². The number of nitrogens with one attached hydrogen (secondary N) is 1. The topological polar surface area (TPSA) is 126 Å². The number of primary amides is 1. The van der Waals surface area contributed by atoms with Crippen LogP contribution in [0.1, 0.15) is 29.4 Å². The van der Waals surface area contributed by atoms with E-state index in [0.29, 0.717) is 6.42 Å². The first-order chi connectivity index (χ1) is 8.36. The first-order valence-electron chi connectivity index (χ1n) is 5.17. The Kier molecular flexibility index (Phi) is 4.49. The van der Waals surface area contributed by atoms with Crippen molar-refractivity contribution in [2.45, 2.75) is 30.5 Å². The molecule has 0 spiro atoms. The third-order valence-electron chi connectivity index (χ3n) is 2.24. The van der Waals surface area contributed by atoms with E-state index >= 15 is 0 Å². The third-order valence-corrected chi connectivity index (χ3v) is 3.61. The van der Waals surface area contributed by atoms with Crippen LogP contribution < -0.4 is 11.4 Å². The summed E-state index contributed by atoms with van der Waals surface area (Å²) >= 11 is 0.894. The maximum atomic E-state index is 11.2. The van der Waals surface area contributed by atoms with E-state index in [9.17, 15) is 14.4 Å². The van der Waals surface area contributed by atoms with Crippen molar-refractivity contribution in [2.75, 3.05) is 0 Å². The maximum Gasteiger partial charge on any atom is 0.346 e. The standard InChI is InChI=1S/C10H13N3O4S/c1-3-5(7(11)14)18-8-6(9(15)16)4(2)12-10(17)13-8/h5H,3H2,1-2H3,(H2,11,14)(H,15,16)(H,12,13,17). The van der Waals surface area contributed by atoms with Gasteiger partial charge in [0.1, 0.15) is 10.6 Å². The van der Waals surface area contributed by atoms with Crippen LogP contribution in [-0.4, -0.2) is 32.2 Å². The molecule has 4 N–H and O–H groups in total. The van der Waals surface area contributed by atoms with Gasteiger partial charge in [-0.25, -0.2) is 9.59 Å². The molecule has 1 unspecified atom stereocenters. The average molecular weight is 271 g/mol. The number of aromatic amines is 1. The SMILES string of the molecule is CCC(Sc1nc(=O)[nH]c(C)c1C(=O)O)C(N)=O. The Bertz CT molecular complexity index is 540. The summed E-state index contributed by atoms with van der Waals surface area (Å²) in [7, 11) is 0. The van der Waals surface area contributed by atoms with Gasteiger partial charge in [0.2, 0.25) is 5.91 Å². The van der Waals surface area contributed by atoms with E-state index in [2.05, 4.69) is 9.97 Å². The molecule has 0 radical (unpaired) electrons. The molecule has 1 aromatic rings. The van der Waals surface area contributed by atoms with Gasteiger partial charge in [-0.1, -0.05) is 18.7 Å². The number of aromatic nitrogens is 2. The van der Waals surface area contributed by atoms with Crippen molar-refractivity contribution in [3.8, 4) is 0 Å². The smallest absolute Gasteiger partial charge is 0.346 e. The lowest BCUT2D eigenvalue weighted by Gasteiger charge is -2.12. The van der Waals surface area contributed by atoms with E-state index in [1.165, 1.54) is 6.92 Å². The van der Waals surface area contributed by atoms with Gasteiger partial charge in [0.05, 0.1) is 5.25 Å². The summed E-state index contributed by atoms with van der Waals surface area (Å²) in [5, 5.41) is 8.46. The Morgan fingerprint density at radius 3 is 2.61 bits per heavy atom. The largest absolute Gasteiger partial charge is 0.478 e. The van der Waals surface area contributed by atoms with Crippen molar-refractivity contribution < 1.29 is 14.7 Å². The molecular weight excluding hydrogens is 258 g/mol. The number of carboxylic acid groups (broad SMARTS) is 1. The van der Waals surface area contributed by atoms with E-state index in [4.69, 9.17) is 10.8 Å². The van der Waals surface area contributed by atoms with Crippen LogP contribution in [0.25, 0.3) is 0 Å². The second kappa shape index (κ2) is 5.67. The summed E-state index contributed by atoms with van der Waals surface area (Å²) < 4.78 is 0. The lowest BCUT2D eigenvalue weighted by molar-refractivity contribution is -0.117. The molecule has 98 valence electrons. The van der Waals surface area contributed by atoms with Crippen molar-refractivity contribution in [1.29, 1.82) is 0 Å². The Morgan fingerprint density at radius 1 is 1.56 bits per heavy atom. The molecule has 1 atom stereocenters. The van der Waals surface area contributed by atoms with Crippen molar-refractivity contribution in [3.63, 3.8) is 0 Å². The predicted molar refractivity (Wildman–Crippen MR) is 65.7 cm³/mol. The summed E-state index contributed by atoms with van der Waals surface area (Å²) in [4.78, 5) is 39.4. The van der Waals surface area contributed by atoms with Gasteiger partial charge in [-0.2, -0.15) is 4.98 Å². The number of rotatable bonds is 5. The number of amides is 1. The molecule has 0 fully saturated rings. The van der Waals surface area contributed by atoms with Crippen molar-refractivity contribution in [2.24, 2.45) is 5.73 Å². The highest BCUT2D eigenvalue weighted by Crippen LogP contribution is 2.26. The minimum Gasteiger partial charge on any atom is -0.478 e. The van der Waals surface area contributed by atoms with Crippen LogP contribution in [-0.2, 0) is 4.79 Å². The quantitative estimate of drug-likeness (QED) is 0.516. The zero-order chi connectivity index (χ0) is 13.9. The third kappa shape index (κ3) is 3.10. The number of thioether (sulfide) groups is 1. The number of aryl methyl sites for hydroxylation is 1. The molecule has 1 rings (SSSR count). The van der Waals surface area contributed by atoms with E-state index in [0.717, 1.165) is 11.8 Å². The number of H-pyrrole nitrogens is 1. The Morgan fingerprint density at radius 2 is 2.17 bits per heavy atom. The van der Waals surface area contributed by atoms with Crippen LogP contribution in [0.5, 0.6) is 0 Å². The van der Waals surface area contributed by atoms with Crippen LogP contribution in [0.2, 0.25) is 0 Å². The Labute approximate surface area is 107 Å². The fourth-order valence-electron chi connectivity index (χ4n) is 1.37. The summed E-state index contributed by atoms with van der Waals surface area (Å²) in [5.41, 5.74) is 4.61. The number of carbonyl (C=O) groups excluding carboxylic acids is 1. The van der Waals surface area contributed by atoms with Crippen LogP contribution in [0.3, 0.4) is 0 Å². The van der Waals surface area contributed by atoms with E-state index in [1.54, 1.807) is 6.92 Å². The zero-order valence-electron chi connectivity index (χ0n) is 9.89. The first kappa shape index (κ1) is 14.2. The fraction of sp³-hybridized carbons (Fsp3) is 0.400. The normalized spacial score (nSPS) is 12.1. The summed E-state index contributed by atoms with van der Waals surface area (Å²) in [5.74, 6) is -1.78. The molecule has 0 bridgehead atoms. The van der Waals surface area contributed by atoms with E-state index in [-0.39, 0.29) is 16.3 Å². The van der Waals surface area contributed by atoms with Gasteiger partial charge in [-0.05, 0) is 13.3 Å². The zero-order valence-corrected chi connectivity index (χ0v) is 10.7. The lowest BCUT2D eigenvalue weighted by atomic mass is 10.2. The highest BCUT2D eigenvalue weighted by Gasteiger charge is 2.22. The van der Waals surface area contributed by atoms with Gasteiger partial charge in [0, 0.05) is 5.69 Å². The molecule has 0 aliphatic carbocycles. The fourth-order valence-corrected chi connectivity index (χ4v) is 2.42. The molecule has 0 saturated heterocycles. The number of carbonyl (C=O) groups is 2. The predicted octanol–water partition coefficient (Wildman–Crippen LogP) is 0.133. The van der Waals surface area contributed by atoms with Gasteiger partial charge in [0.25, 0.3) is 0 Å². The van der Waals surface area contributed by atoms with Gasteiger partial charge in [-0.15, -0.1) is 0 Å². The second-order valence-corrected chi connectivity index (χ2v) is 4.76.